The van der Waals surface area contributed by atoms with Crippen molar-refractivity contribution in [3.05, 3.63) is 0 Å². The van der Waals surface area contributed by atoms with Crippen molar-refractivity contribution >= 4 is 0 Å². The molecule has 0 nitrogen and oxygen atoms in total. The molecular weight excluding hydrogens is 240 g/mol. The molecule has 0 aromatic heterocycles. The lowest BCUT2D eigenvalue weighted by molar-refractivity contribution is -0.0782. The molecule has 20 heavy (non-hydrogen) atoms. The molecule has 0 aromatic carbocycles. The minimum absolute atomic E-state index is 0.831. The predicted octanol–water partition coefficient (Wildman–Crippen LogP) is 6.34. The molecule has 0 aromatic rings. The van der Waals surface area contributed by atoms with Gasteiger partial charge in [-0.15, -0.1) is 0 Å². The summed E-state index contributed by atoms with van der Waals surface area (Å²) in [6, 6.07) is 0. The van der Waals surface area contributed by atoms with E-state index in [0.29, 0.717) is 0 Å². The quantitative estimate of drug-likeness (QED) is 0.523. The van der Waals surface area contributed by atoms with E-state index in [2.05, 4.69) is 0 Å². The fraction of sp³-hybridized carbons (Fsp3) is 1.00. The number of hydrogen-bond donors (Lipinski definition) is 0. The predicted molar refractivity (Wildman–Crippen MR) is 85.6 cm³/mol. The van der Waals surface area contributed by atoms with Crippen LogP contribution in [0.5, 0.6) is 0 Å². The first kappa shape index (κ1) is 13.6. The molecule has 0 N–H and O–H groups in total. The van der Waals surface area contributed by atoms with Gasteiger partial charge < -0.3 is 0 Å². The van der Waals surface area contributed by atoms with E-state index in [0.717, 1.165) is 29.1 Å². The standard InChI is InChI=1S/C20H34/c1-2-12-18-16(8-1)9-7-13-19(18)20-14-5-3-10-17(20)11-4-6-15-20/h16-19H,1-15H2. The van der Waals surface area contributed by atoms with E-state index in [4.69, 9.17) is 0 Å². The minimum atomic E-state index is 0.831. The van der Waals surface area contributed by atoms with E-state index in [9.17, 15) is 0 Å². The van der Waals surface area contributed by atoms with Crippen LogP contribution in [-0.2, 0) is 0 Å². The van der Waals surface area contributed by atoms with Gasteiger partial charge in [0.05, 0.1) is 0 Å². The Morgan fingerprint density at radius 2 is 1.20 bits per heavy atom. The molecular formula is C20H34. The van der Waals surface area contributed by atoms with E-state index in [1.165, 1.54) is 0 Å². The number of fused-ring (bicyclic) bond motifs is 2. The van der Waals surface area contributed by atoms with E-state index in [1.54, 1.807) is 96.3 Å². The van der Waals surface area contributed by atoms with Crippen LogP contribution in [0.4, 0.5) is 0 Å². The molecule has 4 saturated carbocycles. The summed E-state index contributed by atoms with van der Waals surface area (Å²) in [7, 11) is 0. The summed E-state index contributed by atoms with van der Waals surface area (Å²) in [5, 5.41) is 0. The van der Waals surface area contributed by atoms with Crippen LogP contribution in [0, 0.1) is 29.1 Å². The van der Waals surface area contributed by atoms with Gasteiger partial charge in [0, 0.05) is 0 Å². The molecule has 4 aliphatic rings. The van der Waals surface area contributed by atoms with Crippen molar-refractivity contribution in [2.45, 2.75) is 96.3 Å². The molecule has 0 aliphatic heterocycles. The van der Waals surface area contributed by atoms with E-state index in [1.807, 2.05) is 0 Å². The molecule has 4 rings (SSSR count). The van der Waals surface area contributed by atoms with Crippen LogP contribution in [0.2, 0.25) is 0 Å². The van der Waals surface area contributed by atoms with Crippen LogP contribution < -0.4 is 0 Å². The lowest BCUT2D eigenvalue weighted by Gasteiger charge is -2.58. The summed E-state index contributed by atoms with van der Waals surface area (Å²) in [4.78, 5) is 0. The lowest BCUT2D eigenvalue weighted by Crippen LogP contribution is -2.48. The van der Waals surface area contributed by atoms with E-state index < -0.39 is 0 Å². The summed E-state index contributed by atoms with van der Waals surface area (Å²) in [5.41, 5.74) is 0.831. The second-order valence-corrected chi connectivity index (χ2v) is 8.67. The van der Waals surface area contributed by atoms with E-state index in [-0.39, 0.29) is 0 Å². The van der Waals surface area contributed by atoms with Gasteiger partial charge in [0.1, 0.15) is 0 Å². The zero-order valence-electron chi connectivity index (χ0n) is 13.4. The summed E-state index contributed by atoms with van der Waals surface area (Å²) in [6.07, 6.45) is 23.7. The van der Waals surface area contributed by atoms with Crippen molar-refractivity contribution in [1.29, 1.82) is 0 Å². The zero-order valence-corrected chi connectivity index (χ0v) is 13.4. The molecule has 0 bridgehead atoms. The monoisotopic (exact) mass is 274 g/mol. The topological polar surface area (TPSA) is 0 Å². The number of hydrogen-bond acceptors (Lipinski definition) is 0. The SMILES string of the molecule is C1CCC2C(C1)CCCC2C12CCCCC1CCCC2. The van der Waals surface area contributed by atoms with Gasteiger partial charge in [0.25, 0.3) is 0 Å². The van der Waals surface area contributed by atoms with Gasteiger partial charge in [-0.25, -0.2) is 0 Å². The molecule has 0 heterocycles. The molecule has 0 heteroatoms. The van der Waals surface area contributed by atoms with Crippen molar-refractivity contribution in [1.82, 2.24) is 0 Å². The van der Waals surface area contributed by atoms with Crippen LogP contribution in [0.25, 0.3) is 0 Å². The fourth-order valence-corrected chi connectivity index (χ4v) is 7.27. The maximum Gasteiger partial charge on any atom is -0.0238 e. The molecule has 4 fully saturated rings. The Hall–Kier alpha value is 0. The highest BCUT2D eigenvalue weighted by Gasteiger charge is 2.51. The summed E-state index contributed by atoms with van der Waals surface area (Å²) < 4.78 is 0. The highest BCUT2D eigenvalue weighted by molar-refractivity contribution is 5.01. The number of rotatable bonds is 1. The van der Waals surface area contributed by atoms with Gasteiger partial charge in [-0.3, -0.25) is 0 Å². The largest absolute Gasteiger partial charge is 0.0530 e. The van der Waals surface area contributed by atoms with Crippen molar-refractivity contribution in [3.8, 4) is 0 Å². The molecule has 3 unspecified atom stereocenters. The second-order valence-electron chi connectivity index (χ2n) is 8.67. The van der Waals surface area contributed by atoms with Gasteiger partial charge in [0.2, 0.25) is 0 Å². The average molecular weight is 274 g/mol. The summed E-state index contributed by atoms with van der Waals surface area (Å²) >= 11 is 0. The Bertz CT molecular complexity index is 317. The minimum Gasteiger partial charge on any atom is -0.0530 e. The molecule has 3 atom stereocenters. The fourth-order valence-electron chi connectivity index (χ4n) is 7.27. The molecule has 4 aliphatic carbocycles. The van der Waals surface area contributed by atoms with Crippen molar-refractivity contribution < 1.29 is 0 Å². The Kier molecular flexibility index (Phi) is 3.86. The van der Waals surface area contributed by atoms with Gasteiger partial charge in [-0.05, 0) is 67.6 Å². The third kappa shape index (κ3) is 2.17. The highest BCUT2D eigenvalue weighted by Crippen LogP contribution is 2.61. The smallest absolute Gasteiger partial charge is 0.0238 e. The summed E-state index contributed by atoms with van der Waals surface area (Å²) in [5.74, 6) is 4.57. The van der Waals surface area contributed by atoms with Crippen LogP contribution in [-0.4, -0.2) is 0 Å². The molecule has 114 valence electrons. The molecule has 0 spiro atoms. The maximum atomic E-state index is 1.62. The molecule has 0 radical (unpaired) electrons. The molecule has 0 saturated heterocycles. The Morgan fingerprint density at radius 1 is 0.550 bits per heavy atom. The average Bonchev–Trinajstić information content (AvgIpc) is 2.54. The van der Waals surface area contributed by atoms with Gasteiger partial charge in [-0.1, -0.05) is 57.8 Å². The van der Waals surface area contributed by atoms with Crippen LogP contribution >= 0.6 is 0 Å². The van der Waals surface area contributed by atoms with Crippen molar-refractivity contribution in [2.24, 2.45) is 29.1 Å². The van der Waals surface area contributed by atoms with Crippen molar-refractivity contribution in [3.63, 3.8) is 0 Å². The maximum absolute atomic E-state index is 1.62. The van der Waals surface area contributed by atoms with Crippen LogP contribution in [0.3, 0.4) is 0 Å². The molecule has 0 amide bonds. The van der Waals surface area contributed by atoms with Gasteiger partial charge in [0.15, 0.2) is 0 Å². The first-order chi connectivity index (χ1) is 9.90. The first-order valence-corrected chi connectivity index (χ1v) is 9.90. The van der Waals surface area contributed by atoms with Gasteiger partial charge in [-0.2, -0.15) is 0 Å². The Labute approximate surface area is 126 Å². The third-order valence-electron chi connectivity index (χ3n) is 8.02. The van der Waals surface area contributed by atoms with Crippen LogP contribution in [0.1, 0.15) is 96.3 Å². The zero-order chi connectivity index (χ0) is 13.4. The Morgan fingerprint density at radius 3 is 2.00 bits per heavy atom. The van der Waals surface area contributed by atoms with Gasteiger partial charge >= 0.3 is 0 Å². The first-order valence-electron chi connectivity index (χ1n) is 9.90. The third-order valence-corrected chi connectivity index (χ3v) is 8.02. The lowest BCUT2D eigenvalue weighted by atomic mass is 9.47. The van der Waals surface area contributed by atoms with Crippen molar-refractivity contribution in [2.75, 3.05) is 0 Å². The summed E-state index contributed by atoms with van der Waals surface area (Å²) in [6.45, 7) is 0. The van der Waals surface area contributed by atoms with Crippen LogP contribution in [0.15, 0.2) is 0 Å². The normalized spacial score (nSPS) is 49.2. The second kappa shape index (κ2) is 5.65. The van der Waals surface area contributed by atoms with E-state index >= 15 is 0 Å². The highest BCUT2D eigenvalue weighted by atomic mass is 14.6. The Balaban J connectivity index is 1.62.